The number of carbonyl (C=O) groups is 1. The van der Waals surface area contributed by atoms with Gasteiger partial charge in [0.15, 0.2) is 0 Å². The van der Waals surface area contributed by atoms with Crippen LogP contribution in [0.1, 0.15) is 27.2 Å². The predicted molar refractivity (Wildman–Crippen MR) is 54.0 cm³/mol. The minimum atomic E-state index is 0.119. The quantitative estimate of drug-likeness (QED) is 0.614. The van der Waals surface area contributed by atoms with Gasteiger partial charge in [-0.3, -0.25) is 9.80 Å². The van der Waals surface area contributed by atoms with Crippen LogP contribution in [0.5, 0.6) is 0 Å². The summed E-state index contributed by atoms with van der Waals surface area (Å²) in [6.45, 7) is 8.94. The Hall–Kier alpha value is -0.610. The first-order valence-electron chi connectivity index (χ1n) is 4.96. The number of nitrogens with zero attached hydrogens (tertiary/aromatic N) is 2. The number of amides is 1. The summed E-state index contributed by atoms with van der Waals surface area (Å²) in [6.07, 6.45) is 0.435. The monoisotopic (exact) mass is 187 g/mol. The van der Waals surface area contributed by atoms with Crippen molar-refractivity contribution in [2.45, 2.75) is 27.2 Å². The number of hydrazine groups is 1. The molecule has 0 atom stereocenters. The van der Waals surface area contributed by atoms with E-state index in [0.717, 1.165) is 19.6 Å². The first-order valence-corrected chi connectivity index (χ1v) is 4.96. The second-order valence-corrected chi connectivity index (χ2v) is 2.79. The van der Waals surface area contributed by atoms with Gasteiger partial charge in [-0.15, -0.1) is 0 Å². The Morgan fingerprint density at radius 2 is 1.69 bits per heavy atom. The lowest BCUT2D eigenvalue weighted by Gasteiger charge is -2.32. The zero-order valence-electron chi connectivity index (χ0n) is 8.92. The van der Waals surface area contributed by atoms with Gasteiger partial charge in [-0.25, -0.2) is 5.01 Å². The van der Waals surface area contributed by atoms with Gasteiger partial charge in [0, 0.05) is 32.6 Å². The van der Waals surface area contributed by atoms with Crippen LogP contribution in [0.15, 0.2) is 0 Å². The van der Waals surface area contributed by atoms with Crippen LogP contribution >= 0.6 is 0 Å². The SMILES string of the molecule is CCN(CC)N(CC)C(=O)CCN. The summed E-state index contributed by atoms with van der Waals surface area (Å²) in [5.74, 6) is 0.119. The zero-order chi connectivity index (χ0) is 10.3. The van der Waals surface area contributed by atoms with E-state index >= 15 is 0 Å². The van der Waals surface area contributed by atoms with Crippen molar-refractivity contribution in [2.75, 3.05) is 26.2 Å². The second-order valence-electron chi connectivity index (χ2n) is 2.79. The van der Waals surface area contributed by atoms with Gasteiger partial charge in [-0.05, 0) is 6.92 Å². The fraction of sp³-hybridized carbons (Fsp3) is 0.889. The number of nitrogens with two attached hydrogens (primary N) is 1. The molecule has 0 radical (unpaired) electrons. The molecule has 0 aromatic rings. The molecule has 0 aliphatic carbocycles. The summed E-state index contributed by atoms with van der Waals surface area (Å²) in [6, 6.07) is 0. The van der Waals surface area contributed by atoms with Gasteiger partial charge in [0.25, 0.3) is 0 Å². The minimum absolute atomic E-state index is 0.119. The lowest BCUT2D eigenvalue weighted by Crippen LogP contribution is -2.46. The van der Waals surface area contributed by atoms with Crippen LogP contribution in [0.3, 0.4) is 0 Å². The molecule has 0 spiro atoms. The summed E-state index contributed by atoms with van der Waals surface area (Å²) in [5.41, 5.74) is 5.34. The molecule has 2 N–H and O–H groups in total. The molecule has 0 aromatic carbocycles. The van der Waals surface area contributed by atoms with Crippen LogP contribution in [0.25, 0.3) is 0 Å². The van der Waals surface area contributed by atoms with Crippen LogP contribution < -0.4 is 5.73 Å². The second kappa shape index (κ2) is 6.86. The number of hydrogen-bond donors (Lipinski definition) is 1. The first-order chi connectivity index (χ1) is 6.21. The van der Waals surface area contributed by atoms with E-state index in [0.29, 0.717) is 13.0 Å². The molecule has 13 heavy (non-hydrogen) atoms. The molecule has 78 valence electrons. The number of hydrogen-bond acceptors (Lipinski definition) is 3. The molecule has 0 saturated heterocycles. The van der Waals surface area contributed by atoms with E-state index in [1.807, 2.05) is 25.8 Å². The molecule has 1 amide bonds. The molecule has 0 aliphatic rings. The first kappa shape index (κ1) is 12.4. The maximum Gasteiger partial charge on any atom is 0.238 e. The van der Waals surface area contributed by atoms with Gasteiger partial charge in [-0.1, -0.05) is 13.8 Å². The molecule has 0 heterocycles. The van der Waals surface area contributed by atoms with E-state index in [2.05, 4.69) is 0 Å². The third-order valence-electron chi connectivity index (χ3n) is 2.02. The standard InChI is InChI=1S/C9H21N3O/c1-4-11(5-2)12(6-3)9(13)7-8-10/h4-8,10H2,1-3H3. The molecule has 0 aliphatic heterocycles. The summed E-state index contributed by atoms with van der Waals surface area (Å²) in [4.78, 5) is 11.5. The molecular formula is C9H21N3O. The van der Waals surface area contributed by atoms with Crippen molar-refractivity contribution in [3.63, 3.8) is 0 Å². The highest BCUT2D eigenvalue weighted by Gasteiger charge is 2.15. The molecule has 4 heteroatoms. The van der Waals surface area contributed by atoms with Gasteiger partial charge in [-0.2, -0.15) is 0 Å². The molecule has 0 aromatic heterocycles. The minimum Gasteiger partial charge on any atom is -0.330 e. The van der Waals surface area contributed by atoms with Crippen LogP contribution in [-0.4, -0.2) is 42.1 Å². The fourth-order valence-corrected chi connectivity index (χ4v) is 1.35. The van der Waals surface area contributed by atoms with E-state index in [1.54, 1.807) is 5.01 Å². The van der Waals surface area contributed by atoms with E-state index < -0.39 is 0 Å². The van der Waals surface area contributed by atoms with Crippen molar-refractivity contribution >= 4 is 5.91 Å². The molecule has 0 rings (SSSR count). The maximum absolute atomic E-state index is 11.5. The lowest BCUT2D eigenvalue weighted by molar-refractivity contribution is -0.147. The zero-order valence-corrected chi connectivity index (χ0v) is 8.92. The van der Waals surface area contributed by atoms with Gasteiger partial charge in [0.1, 0.15) is 0 Å². The molecule has 0 unspecified atom stereocenters. The van der Waals surface area contributed by atoms with Crippen molar-refractivity contribution in [2.24, 2.45) is 5.73 Å². The van der Waals surface area contributed by atoms with Crippen molar-refractivity contribution in [1.82, 2.24) is 10.0 Å². The third kappa shape index (κ3) is 3.74. The molecule has 0 bridgehead atoms. The van der Waals surface area contributed by atoms with Crippen molar-refractivity contribution in [3.8, 4) is 0 Å². The van der Waals surface area contributed by atoms with E-state index in [-0.39, 0.29) is 5.91 Å². The molecular weight excluding hydrogens is 166 g/mol. The van der Waals surface area contributed by atoms with Crippen molar-refractivity contribution in [1.29, 1.82) is 0 Å². The van der Waals surface area contributed by atoms with E-state index in [4.69, 9.17) is 5.73 Å². The highest BCUT2D eigenvalue weighted by Crippen LogP contribution is 2.00. The van der Waals surface area contributed by atoms with E-state index in [9.17, 15) is 4.79 Å². The van der Waals surface area contributed by atoms with Crippen LogP contribution in [0, 0.1) is 0 Å². The summed E-state index contributed by atoms with van der Waals surface area (Å²) < 4.78 is 0. The van der Waals surface area contributed by atoms with Gasteiger partial charge in [0.05, 0.1) is 0 Å². The van der Waals surface area contributed by atoms with Gasteiger partial charge >= 0.3 is 0 Å². The molecule has 4 nitrogen and oxygen atoms in total. The van der Waals surface area contributed by atoms with Gasteiger partial charge in [0.2, 0.25) is 5.91 Å². The average molecular weight is 187 g/mol. The van der Waals surface area contributed by atoms with E-state index in [1.165, 1.54) is 0 Å². The van der Waals surface area contributed by atoms with Crippen LogP contribution in [0.4, 0.5) is 0 Å². The normalized spacial score (nSPS) is 10.5. The largest absolute Gasteiger partial charge is 0.330 e. The number of carbonyl (C=O) groups excluding carboxylic acids is 1. The Bertz CT molecular complexity index is 146. The Kier molecular flexibility index (Phi) is 6.54. The summed E-state index contributed by atoms with van der Waals surface area (Å²) in [5, 5.41) is 3.80. The summed E-state index contributed by atoms with van der Waals surface area (Å²) in [7, 11) is 0. The Balaban J connectivity index is 4.20. The number of rotatable bonds is 6. The fourth-order valence-electron chi connectivity index (χ4n) is 1.35. The highest BCUT2D eigenvalue weighted by molar-refractivity contribution is 5.75. The smallest absolute Gasteiger partial charge is 0.238 e. The Morgan fingerprint density at radius 1 is 1.15 bits per heavy atom. The van der Waals surface area contributed by atoms with Crippen molar-refractivity contribution in [3.05, 3.63) is 0 Å². The topological polar surface area (TPSA) is 49.6 Å². The molecule has 0 fully saturated rings. The average Bonchev–Trinajstić information content (AvgIpc) is 2.14. The highest BCUT2D eigenvalue weighted by atomic mass is 16.2. The Labute approximate surface area is 80.7 Å². The Morgan fingerprint density at radius 3 is 2.00 bits per heavy atom. The predicted octanol–water partition coefficient (Wildman–Crippen LogP) is 0.441. The lowest BCUT2D eigenvalue weighted by atomic mass is 10.4. The van der Waals surface area contributed by atoms with Crippen molar-refractivity contribution < 1.29 is 4.79 Å². The third-order valence-corrected chi connectivity index (χ3v) is 2.02. The maximum atomic E-state index is 11.5. The van der Waals surface area contributed by atoms with Crippen LogP contribution in [0.2, 0.25) is 0 Å². The van der Waals surface area contributed by atoms with Crippen LogP contribution in [-0.2, 0) is 4.79 Å². The summed E-state index contributed by atoms with van der Waals surface area (Å²) >= 11 is 0. The van der Waals surface area contributed by atoms with Gasteiger partial charge < -0.3 is 5.73 Å². The molecule has 0 saturated carbocycles.